The Hall–Kier alpha value is -1.63. The first-order chi connectivity index (χ1) is 5.99. The molecule has 0 bridgehead atoms. The highest BCUT2D eigenvalue weighted by molar-refractivity contribution is 7.82. The second kappa shape index (κ2) is 2.19. The van der Waals surface area contributed by atoms with Crippen LogP contribution >= 0.6 is 0 Å². The Labute approximate surface area is 73.8 Å². The van der Waals surface area contributed by atoms with Gasteiger partial charge in [-0.3, -0.25) is 0 Å². The van der Waals surface area contributed by atoms with Gasteiger partial charge in [0.15, 0.2) is 5.75 Å². The summed E-state index contributed by atoms with van der Waals surface area (Å²) < 4.78 is 30.3. The van der Waals surface area contributed by atoms with Crippen LogP contribution in [0.5, 0.6) is 17.2 Å². The molecule has 1 aromatic rings. The van der Waals surface area contributed by atoms with Gasteiger partial charge in [-0.05, 0) is 12.1 Å². The number of fused-ring (bicyclic) bond motifs is 1. The van der Waals surface area contributed by atoms with Crippen molar-refractivity contribution in [2.24, 2.45) is 0 Å². The van der Waals surface area contributed by atoms with Crippen LogP contribution in [-0.2, 0) is 10.4 Å². The molecule has 6 nitrogen and oxygen atoms in total. The first kappa shape index (κ1) is 7.99. The van der Waals surface area contributed by atoms with Crippen LogP contribution in [-0.4, -0.2) is 13.5 Å². The van der Waals surface area contributed by atoms with Gasteiger partial charge in [0.05, 0.1) is 0 Å². The van der Waals surface area contributed by atoms with Gasteiger partial charge in [0.2, 0.25) is 5.75 Å². The number of phenolic OH excluding ortho intramolecular Hbond substituents is 1. The lowest BCUT2D eigenvalue weighted by molar-refractivity contribution is 0.436. The lowest BCUT2D eigenvalue weighted by Crippen LogP contribution is -2.08. The van der Waals surface area contributed by atoms with Crippen LogP contribution in [0, 0.1) is 0 Å². The normalized spacial score (nSPS) is 17.2. The summed E-state index contributed by atoms with van der Waals surface area (Å²) in [7, 11) is -4.04. The number of nitrogens with two attached hydrogens (primary N) is 1. The fourth-order valence-electron chi connectivity index (χ4n) is 0.950. The Balaban J connectivity index is 2.65. The van der Waals surface area contributed by atoms with E-state index in [0.717, 1.165) is 0 Å². The summed E-state index contributed by atoms with van der Waals surface area (Å²) in [5, 5.41) is 9.10. The summed E-state index contributed by atoms with van der Waals surface area (Å²) in [6.07, 6.45) is 0. The molecule has 7 heteroatoms. The summed E-state index contributed by atoms with van der Waals surface area (Å²) in [6.45, 7) is 0. The van der Waals surface area contributed by atoms with Crippen molar-refractivity contribution in [3.8, 4) is 17.2 Å². The minimum Gasteiger partial charge on any atom is -0.506 e. The Kier molecular flexibility index (Phi) is 1.35. The van der Waals surface area contributed by atoms with Crippen LogP contribution in [0.2, 0.25) is 0 Å². The third-order valence-electron chi connectivity index (χ3n) is 1.51. The predicted molar refractivity (Wildman–Crippen MR) is 42.7 cm³/mol. The van der Waals surface area contributed by atoms with E-state index in [-0.39, 0.29) is 22.9 Å². The van der Waals surface area contributed by atoms with Crippen molar-refractivity contribution >= 4 is 16.1 Å². The quantitative estimate of drug-likeness (QED) is 0.454. The van der Waals surface area contributed by atoms with Crippen molar-refractivity contribution in [3.63, 3.8) is 0 Å². The Morgan fingerprint density at radius 3 is 2.69 bits per heavy atom. The van der Waals surface area contributed by atoms with Gasteiger partial charge < -0.3 is 19.2 Å². The molecule has 0 amide bonds. The van der Waals surface area contributed by atoms with Gasteiger partial charge in [-0.1, -0.05) is 0 Å². The lowest BCUT2D eigenvalue weighted by atomic mass is 10.2. The maximum absolute atomic E-state index is 10.8. The van der Waals surface area contributed by atoms with E-state index >= 15 is 0 Å². The number of hydrogen-bond donors (Lipinski definition) is 2. The van der Waals surface area contributed by atoms with E-state index in [4.69, 9.17) is 10.8 Å². The van der Waals surface area contributed by atoms with Gasteiger partial charge in [-0.25, -0.2) is 0 Å². The van der Waals surface area contributed by atoms with E-state index in [2.05, 4.69) is 8.37 Å². The van der Waals surface area contributed by atoms with Crippen molar-refractivity contribution in [2.75, 3.05) is 5.73 Å². The summed E-state index contributed by atoms with van der Waals surface area (Å²) in [5.74, 6) is -0.435. The molecule has 0 saturated heterocycles. The first-order valence-electron chi connectivity index (χ1n) is 3.25. The number of anilines is 1. The lowest BCUT2D eigenvalue weighted by Gasteiger charge is -1.99. The van der Waals surface area contributed by atoms with Gasteiger partial charge in [0.1, 0.15) is 11.4 Å². The molecule has 13 heavy (non-hydrogen) atoms. The summed E-state index contributed by atoms with van der Waals surface area (Å²) in [4.78, 5) is 0. The van der Waals surface area contributed by atoms with Gasteiger partial charge in [0, 0.05) is 0 Å². The zero-order chi connectivity index (χ0) is 9.64. The van der Waals surface area contributed by atoms with E-state index in [0.29, 0.717) is 0 Å². The molecule has 1 aromatic carbocycles. The van der Waals surface area contributed by atoms with Crippen LogP contribution < -0.4 is 14.1 Å². The molecule has 0 unspecified atom stereocenters. The van der Waals surface area contributed by atoms with E-state index in [1.54, 1.807) is 0 Å². The number of benzene rings is 1. The molecule has 0 fully saturated rings. The van der Waals surface area contributed by atoms with Crippen molar-refractivity contribution in [3.05, 3.63) is 12.1 Å². The SMILES string of the molecule is Nc1c(O)ccc2c1OS(=O)(=O)O2. The van der Waals surface area contributed by atoms with Crippen LogP contribution in [0.25, 0.3) is 0 Å². The molecule has 0 saturated carbocycles. The van der Waals surface area contributed by atoms with E-state index in [1.807, 2.05) is 0 Å². The molecule has 0 spiro atoms. The smallest absolute Gasteiger partial charge is 0.501 e. The van der Waals surface area contributed by atoms with E-state index in [1.165, 1.54) is 12.1 Å². The van der Waals surface area contributed by atoms with Crippen LogP contribution in [0.3, 0.4) is 0 Å². The molecule has 1 aliphatic heterocycles. The second-order valence-corrected chi connectivity index (χ2v) is 3.55. The molecule has 1 heterocycles. The molecule has 3 N–H and O–H groups in total. The second-order valence-electron chi connectivity index (χ2n) is 2.40. The van der Waals surface area contributed by atoms with Crippen molar-refractivity contribution in [1.82, 2.24) is 0 Å². The number of nitrogen functional groups attached to an aromatic ring is 1. The zero-order valence-electron chi connectivity index (χ0n) is 6.22. The summed E-state index contributed by atoms with van der Waals surface area (Å²) in [6, 6.07) is 2.48. The number of phenols is 1. The molecular weight excluding hydrogens is 198 g/mol. The topological polar surface area (TPSA) is 98.9 Å². The summed E-state index contributed by atoms with van der Waals surface area (Å²) >= 11 is 0. The third-order valence-corrected chi connectivity index (χ3v) is 2.27. The molecule has 0 aromatic heterocycles. The monoisotopic (exact) mass is 203 g/mol. The Bertz CT molecular complexity index is 466. The molecular formula is C6H5NO5S. The number of rotatable bonds is 0. The van der Waals surface area contributed by atoms with Gasteiger partial charge in [0.25, 0.3) is 0 Å². The molecule has 0 atom stereocenters. The zero-order valence-corrected chi connectivity index (χ0v) is 7.04. The Morgan fingerprint density at radius 1 is 1.31 bits per heavy atom. The fourth-order valence-corrected chi connectivity index (χ4v) is 1.71. The maximum atomic E-state index is 10.8. The van der Waals surface area contributed by atoms with Crippen LogP contribution in [0.1, 0.15) is 0 Å². The molecule has 70 valence electrons. The molecule has 0 radical (unpaired) electrons. The first-order valence-corrected chi connectivity index (χ1v) is 4.58. The summed E-state index contributed by atoms with van der Waals surface area (Å²) in [5.41, 5.74) is 5.18. The minimum atomic E-state index is -4.04. The number of aromatic hydroxyl groups is 1. The van der Waals surface area contributed by atoms with Crippen LogP contribution in [0.4, 0.5) is 5.69 Å². The highest BCUT2D eigenvalue weighted by Gasteiger charge is 2.31. The standard InChI is InChI=1S/C6H5NO5S/c7-5-3(8)1-2-4-6(5)12-13(9,10)11-4/h1-2,8H,7H2. The fraction of sp³-hybridized carbons (Fsp3) is 0. The molecule has 2 rings (SSSR count). The highest BCUT2D eigenvalue weighted by atomic mass is 32.3. The average Bonchev–Trinajstić information content (AvgIpc) is 2.34. The van der Waals surface area contributed by atoms with Gasteiger partial charge >= 0.3 is 10.4 Å². The van der Waals surface area contributed by atoms with E-state index < -0.39 is 10.4 Å². The average molecular weight is 203 g/mol. The van der Waals surface area contributed by atoms with Crippen molar-refractivity contribution in [2.45, 2.75) is 0 Å². The molecule has 0 aliphatic carbocycles. The highest BCUT2D eigenvalue weighted by Crippen LogP contribution is 2.44. The Morgan fingerprint density at radius 2 is 2.00 bits per heavy atom. The minimum absolute atomic E-state index is 0.0182. The van der Waals surface area contributed by atoms with E-state index in [9.17, 15) is 8.42 Å². The number of hydrogen-bond acceptors (Lipinski definition) is 6. The van der Waals surface area contributed by atoms with Gasteiger partial charge in [-0.2, -0.15) is 0 Å². The van der Waals surface area contributed by atoms with Gasteiger partial charge in [-0.15, -0.1) is 8.42 Å². The molecule has 1 aliphatic rings. The largest absolute Gasteiger partial charge is 0.506 e. The maximum Gasteiger partial charge on any atom is 0.501 e. The third kappa shape index (κ3) is 1.13. The van der Waals surface area contributed by atoms with Crippen LogP contribution in [0.15, 0.2) is 12.1 Å². The van der Waals surface area contributed by atoms with Crippen molar-refractivity contribution in [1.29, 1.82) is 0 Å². The predicted octanol–water partition coefficient (Wildman–Crippen LogP) is -0.00960. The van der Waals surface area contributed by atoms with Crippen molar-refractivity contribution < 1.29 is 21.9 Å².